The van der Waals surface area contributed by atoms with Gasteiger partial charge in [-0.3, -0.25) is 0 Å². The van der Waals surface area contributed by atoms with Gasteiger partial charge in [0.15, 0.2) is 11.5 Å². The number of ether oxygens (including phenoxy) is 2. The van der Waals surface area contributed by atoms with Crippen LogP contribution in [-0.2, 0) is 13.2 Å². The highest BCUT2D eigenvalue weighted by atomic mass is 16.5. The van der Waals surface area contributed by atoms with Crippen LogP contribution in [0.5, 0.6) is 11.5 Å². The van der Waals surface area contributed by atoms with Gasteiger partial charge in [-0.2, -0.15) is 0 Å². The van der Waals surface area contributed by atoms with Crippen molar-refractivity contribution in [3.8, 4) is 11.5 Å². The molecule has 0 saturated heterocycles. The molecule has 2 unspecified atom stereocenters. The van der Waals surface area contributed by atoms with Crippen molar-refractivity contribution in [3.63, 3.8) is 0 Å². The number of imidazole rings is 2. The predicted octanol–water partition coefficient (Wildman–Crippen LogP) is 6.52. The fraction of sp³-hybridized carbons (Fsp3) is 0.235. The van der Waals surface area contributed by atoms with Crippen LogP contribution < -0.4 is 14.4 Å². The molecule has 4 aromatic carbocycles. The Morgan fingerprint density at radius 3 is 2.48 bits per heavy atom. The molecule has 0 spiro atoms. The molecule has 0 aliphatic rings. The van der Waals surface area contributed by atoms with Gasteiger partial charge in [-0.05, 0) is 60.9 Å². The first-order valence-electron chi connectivity index (χ1n) is 14.2. The number of nitrogens with one attached hydrogen (secondary N) is 1. The number of hydrogen-bond donors (Lipinski definition) is 2. The van der Waals surface area contributed by atoms with Gasteiger partial charge in [0.05, 0.1) is 48.2 Å². The van der Waals surface area contributed by atoms with E-state index in [9.17, 15) is 5.11 Å². The van der Waals surface area contributed by atoms with Crippen molar-refractivity contribution in [1.82, 2.24) is 19.5 Å². The zero-order chi connectivity index (χ0) is 28.9. The number of aliphatic hydroxyl groups excluding tert-OH is 1. The lowest BCUT2D eigenvalue weighted by Crippen LogP contribution is -2.38. The standard InChI is InChI=1S/C34H35N5O3/c1-24(18-19-38-23-35-29-14-8-9-15-30(29)38)39(34-36-27-12-6-7-13-28(27)37-34)21-31(40)26-16-17-32(33(20-26)41-2)42-22-25-10-4-3-5-11-25/h3-17,20,23-24,31,40H,18-19,21-22H2,1-2H3,(H,36,37). The van der Waals surface area contributed by atoms with Crippen molar-refractivity contribution in [2.75, 3.05) is 18.6 Å². The SMILES string of the molecule is COc1cc(C(O)CN(c2nc3ccccc3[nH]2)C(C)CCn2cnc3ccccc32)ccc1OCc1ccccc1. The predicted molar refractivity (Wildman–Crippen MR) is 166 cm³/mol. The van der Waals surface area contributed by atoms with E-state index in [1.54, 1.807) is 7.11 Å². The zero-order valence-electron chi connectivity index (χ0n) is 23.9. The molecule has 0 saturated carbocycles. The van der Waals surface area contributed by atoms with Crippen LogP contribution in [0.4, 0.5) is 5.95 Å². The molecule has 0 fully saturated rings. The Morgan fingerprint density at radius 1 is 0.905 bits per heavy atom. The number of anilines is 1. The molecule has 42 heavy (non-hydrogen) atoms. The normalized spacial score (nSPS) is 12.8. The lowest BCUT2D eigenvalue weighted by atomic mass is 10.1. The second-order valence-corrected chi connectivity index (χ2v) is 10.5. The smallest absolute Gasteiger partial charge is 0.204 e. The van der Waals surface area contributed by atoms with Gasteiger partial charge in [-0.25, -0.2) is 9.97 Å². The Kier molecular flexibility index (Phi) is 8.05. The number of nitrogens with zero attached hydrogens (tertiary/aromatic N) is 4. The molecule has 2 heterocycles. The molecule has 0 aliphatic heterocycles. The third kappa shape index (κ3) is 5.94. The van der Waals surface area contributed by atoms with Gasteiger partial charge in [-0.15, -0.1) is 0 Å². The molecule has 0 aliphatic carbocycles. The van der Waals surface area contributed by atoms with Gasteiger partial charge < -0.3 is 29.0 Å². The minimum Gasteiger partial charge on any atom is -0.493 e. The summed E-state index contributed by atoms with van der Waals surface area (Å²) < 4.78 is 13.8. The number of aromatic nitrogens is 4. The van der Waals surface area contributed by atoms with Crippen molar-refractivity contribution < 1.29 is 14.6 Å². The van der Waals surface area contributed by atoms with E-state index >= 15 is 0 Å². The largest absolute Gasteiger partial charge is 0.493 e. The third-order valence-corrected chi connectivity index (χ3v) is 7.68. The number of hydrogen-bond acceptors (Lipinski definition) is 6. The molecule has 8 nitrogen and oxygen atoms in total. The topological polar surface area (TPSA) is 88.4 Å². The Hall–Kier alpha value is -4.82. The van der Waals surface area contributed by atoms with E-state index in [4.69, 9.17) is 14.5 Å². The summed E-state index contributed by atoms with van der Waals surface area (Å²) in [6, 6.07) is 31.8. The lowest BCUT2D eigenvalue weighted by molar-refractivity contribution is 0.179. The molecule has 214 valence electrons. The fourth-order valence-corrected chi connectivity index (χ4v) is 5.26. The number of benzene rings is 4. The molecule has 0 radical (unpaired) electrons. The summed E-state index contributed by atoms with van der Waals surface area (Å²) in [4.78, 5) is 15.0. The molecular weight excluding hydrogens is 526 g/mol. The number of H-pyrrole nitrogens is 1. The molecule has 0 bridgehead atoms. The van der Waals surface area contributed by atoms with Crippen molar-refractivity contribution in [2.24, 2.45) is 0 Å². The van der Waals surface area contributed by atoms with Gasteiger partial charge in [0.25, 0.3) is 0 Å². The van der Waals surface area contributed by atoms with Crippen LogP contribution in [0.25, 0.3) is 22.1 Å². The Balaban J connectivity index is 1.21. The van der Waals surface area contributed by atoms with Crippen LogP contribution in [0.3, 0.4) is 0 Å². The monoisotopic (exact) mass is 561 g/mol. The summed E-state index contributed by atoms with van der Waals surface area (Å²) in [7, 11) is 1.61. The van der Waals surface area contributed by atoms with Crippen molar-refractivity contribution >= 4 is 28.0 Å². The summed E-state index contributed by atoms with van der Waals surface area (Å²) >= 11 is 0. The molecule has 6 aromatic rings. The van der Waals surface area contributed by atoms with Gasteiger partial charge in [0.1, 0.15) is 6.61 Å². The number of methoxy groups -OCH3 is 1. The molecule has 2 N–H and O–H groups in total. The van der Waals surface area contributed by atoms with E-state index in [-0.39, 0.29) is 6.04 Å². The van der Waals surface area contributed by atoms with Gasteiger partial charge in [0, 0.05) is 12.6 Å². The molecule has 2 aromatic heterocycles. The number of rotatable bonds is 12. The number of para-hydroxylation sites is 4. The minimum absolute atomic E-state index is 0.0664. The van der Waals surface area contributed by atoms with E-state index < -0.39 is 6.10 Å². The van der Waals surface area contributed by atoms with Gasteiger partial charge in [0.2, 0.25) is 5.95 Å². The highest BCUT2D eigenvalue weighted by Crippen LogP contribution is 2.32. The number of aromatic amines is 1. The highest BCUT2D eigenvalue weighted by molar-refractivity contribution is 5.77. The van der Waals surface area contributed by atoms with Crippen molar-refractivity contribution in [1.29, 1.82) is 0 Å². The van der Waals surface area contributed by atoms with E-state index in [0.717, 1.165) is 52.1 Å². The number of fused-ring (bicyclic) bond motifs is 2. The van der Waals surface area contributed by atoms with Crippen LogP contribution in [-0.4, -0.2) is 44.3 Å². The van der Waals surface area contributed by atoms with E-state index in [0.29, 0.717) is 24.7 Å². The summed E-state index contributed by atoms with van der Waals surface area (Å²) in [5.41, 5.74) is 5.76. The first-order chi connectivity index (χ1) is 20.6. The van der Waals surface area contributed by atoms with E-state index in [2.05, 4.69) is 32.4 Å². The summed E-state index contributed by atoms with van der Waals surface area (Å²) in [5.74, 6) is 1.94. The third-order valence-electron chi connectivity index (χ3n) is 7.68. The molecule has 6 rings (SSSR count). The summed E-state index contributed by atoms with van der Waals surface area (Å²) in [6.07, 6.45) is 1.94. The maximum atomic E-state index is 11.5. The molecule has 0 amide bonds. The van der Waals surface area contributed by atoms with Crippen LogP contribution in [0.1, 0.15) is 30.6 Å². The molecule has 2 atom stereocenters. The van der Waals surface area contributed by atoms with Gasteiger partial charge in [-0.1, -0.05) is 60.7 Å². The number of aliphatic hydroxyl groups is 1. The van der Waals surface area contributed by atoms with E-state index in [1.165, 1.54) is 0 Å². The van der Waals surface area contributed by atoms with Crippen LogP contribution >= 0.6 is 0 Å². The minimum atomic E-state index is -0.785. The average Bonchev–Trinajstić information content (AvgIpc) is 3.66. The van der Waals surface area contributed by atoms with Crippen LogP contribution in [0, 0.1) is 0 Å². The zero-order valence-corrected chi connectivity index (χ0v) is 23.9. The maximum Gasteiger partial charge on any atom is 0.204 e. The molecule has 8 heteroatoms. The second-order valence-electron chi connectivity index (χ2n) is 10.5. The number of aryl methyl sites for hydroxylation is 1. The quantitative estimate of drug-likeness (QED) is 0.177. The second kappa shape index (κ2) is 12.4. The lowest BCUT2D eigenvalue weighted by Gasteiger charge is -2.31. The highest BCUT2D eigenvalue weighted by Gasteiger charge is 2.23. The summed E-state index contributed by atoms with van der Waals surface area (Å²) in [5, 5.41) is 11.5. The van der Waals surface area contributed by atoms with Crippen molar-refractivity contribution in [3.05, 3.63) is 115 Å². The average molecular weight is 562 g/mol. The van der Waals surface area contributed by atoms with Crippen molar-refractivity contribution in [2.45, 2.75) is 38.6 Å². The Morgan fingerprint density at radius 2 is 1.67 bits per heavy atom. The Bertz CT molecular complexity index is 1730. The first-order valence-corrected chi connectivity index (χ1v) is 14.2. The molecular formula is C34H35N5O3. The van der Waals surface area contributed by atoms with Crippen LogP contribution in [0.2, 0.25) is 0 Å². The van der Waals surface area contributed by atoms with Gasteiger partial charge >= 0.3 is 0 Å². The maximum absolute atomic E-state index is 11.5. The summed E-state index contributed by atoms with van der Waals surface area (Å²) in [6.45, 7) is 3.73. The van der Waals surface area contributed by atoms with E-state index in [1.807, 2.05) is 97.3 Å². The first kappa shape index (κ1) is 27.4. The fourth-order valence-electron chi connectivity index (χ4n) is 5.26. The van der Waals surface area contributed by atoms with Crippen LogP contribution in [0.15, 0.2) is 103 Å². The Labute approximate surface area is 245 Å².